The van der Waals surface area contributed by atoms with Crippen LogP contribution in [0.5, 0.6) is 0 Å². The summed E-state index contributed by atoms with van der Waals surface area (Å²) >= 11 is 0. The molecule has 0 aliphatic heterocycles. The monoisotopic (exact) mass is 125 g/mol. The second kappa shape index (κ2) is 3.34. The highest BCUT2D eigenvalue weighted by molar-refractivity contribution is 8.26. The fraction of sp³-hybridized carbons (Fsp3) is 1.00. The molecule has 0 aromatic rings. The van der Waals surface area contributed by atoms with Crippen LogP contribution in [0.2, 0.25) is 0 Å². The summed E-state index contributed by atoms with van der Waals surface area (Å²) in [5.74, 6) is 0. The zero-order valence-electron chi connectivity index (χ0n) is 6.02. The minimum atomic E-state index is -1.54. The summed E-state index contributed by atoms with van der Waals surface area (Å²) in [6, 6.07) is -1.54. The van der Waals surface area contributed by atoms with Gasteiger partial charge in [0.1, 0.15) is 0 Å². The van der Waals surface area contributed by atoms with Crippen molar-refractivity contribution in [2.45, 2.75) is 0 Å². The van der Waals surface area contributed by atoms with Gasteiger partial charge in [-0.05, 0) is 0 Å². The molecule has 5 heavy (non-hydrogen) atoms. The van der Waals surface area contributed by atoms with Crippen LogP contribution < -0.4 is 0 Å². The van der Waals surface area contributed by atoms with Gasteiger partial charge in [-0.15, -0.1) is 16.0 Å². The summed E-state index contributed by atoms with van der Waals surface area (Å²) in [6.45, 7) is 0. The summed E-state index contributed by atoms with van der Waals surface area (Å²) in [6.07, 6.45) is 0. The Morgan fingerprint density at radius 2 is 3.60 bits per heavy atom. The van der Waals surface area contributed by atoms with Crippen LogP contribution in [0.3, 0.4) is 0 Å². The summed E-state index contributed by atoms with van der Waals surface area (Å²) in [5.41, 5.74) is 0. The summed E-state index contributed by atoms with van der Waals surface area (Å²) in [5, 5.41) is 0. The highest BCUT2D eigenvalue weighted by Crippen LogP contribution is 2.35. The smallest absolute Gasteiger partial charge is 0.0714 e. The van der Waals surface area contributed by atoms with Crippen molar-refractivity contribution in [1.29, 1.82) is 1.28 Å². The van der Waals surface area contributed by atoms with Crippen LogP contribution in [0, 0.1) is 0 Å². The van der Waals surface area contributed by atoms with E-state index in [-0.39, 0.29) is 8.87 Å². The van der Waals surface area contributed by atoms with Crippen LogP contribution >= 0.6 is 16.0 Å². The van der Waals surface area contributed by atoms with Crippen LogP contribution in [-0.2, 0) is 0 Å². The maximum Gasteiger partial charge on any atom is 0.0714 e. The van der Waals surface area contributed by atoms with Crippen molar-refractivity contribution < 1.29 is 2.74 Å². The van der Waals surface area contributed by atoms with Crippen molar-refractivity contribution in [3.8, 4) is 0 Å². The molecule has 0 rings (SSSR count). The lowest BCUT2D eigenvalue weighted by atomic mass is 10.2. The Labute approximate surface area is 44.7 Å². The highest BCUT2D eigenvalue weighted by atomic mass is 32.1. The van der Waals surface area contributed by atoms with Crippen molar-refractivity contribution in [2.24, 2.45) is 0 Å². The van der Waals surface area contributed by atoms with Gasteiger partial charge >= 0.3 is 0 Å². The SMILES string of the molecule is [2H]C([3H])([B])P([SiH3])P[3H]. The third-order valence-corrected chi connectivity index (χ3v) is 1.74. The normalized spacial score (nSPS) is 38.8. The number of rotatable bonds is 2. The minimum Gasteiger partial charge on any atom is -0.120 e. The summed E-state index contributed by atoms with van der Waals surface area (Å²) in [4.78, 5) is 0. The fourth-order valence-electron chi connectivity index (χ4n) is 0. The van der Waals surface area contributed by atoms with Gasteiger partial charge < -0.3 is 0 Å². The number of hydrogen-bond donors (Lipinski definition) is 0. The first-order valence-electron chi connectivity index (χ1n) is 2.68. The van der Waals surface area contributed by atoms with E-state index >= 15 is 0 Å². The predicted molar refractivity (Wildman–Crippen MR) is 37.2 cm³/mol. The van der Waals surface area contributed by atoms with Crippen molar-refractivity contribution in [3.63, 3.8) is 0 Å². The van der Waals surface area contributed by atoms with Gasteiger partial charge in [0.2, 0.25) is 0 Å². The van der Waals surface area contributed by atoms with Crippen LogP contribution in [0.1, 0.15) is 2.74 Å². The van der Waals surface area contributed by atoms with E-state index in [1.54, 1.807) is 0 Å². The molecule has 0 aromatic heterocycles. The fourth-order valence-corrected chi connectivity index (χ4v) is 0. The van der Waals surface area contributed by atoms with E-state index in [1.807, 2.05) is 0 Å². The first kappa shape index (κ1) is 2.45. The lowest BCUT2D eigenvalue weighted by Gasteiger charge is -1.92. The van der Waals surface area contributed by atoms with Gasteiger partial charge in [-0.2, -0.15) is 0 Å². The van der Waals surface area contributed by atoms with Crippen molar-refractivity contribution in [3.05, 3.63) is 0 Å². The van der Waals surface area contributed by atoms with E-state index in [2.05, 4.69) is 0 Å². The van der Waals surface area contributed by atoms with E-state index in [4.69, 9.17) is 11.9 Å². The van der Waals surface area contributed by atoms with E-state index in [9.17, 15) is 0 Å². The zero-order valence-corrected chi connectivity index (χ0v) is 6.92. The van der Waals surface area contributed by atoms with Crippen molar-refractivity contribution in [1.82, 2.24) is 0 Å². The van der Waals surface area contributed by atoms with E-state index in [1.165, 1.54) is 0 Å². The highest BCUT2D eigenvalue weighted by Gasteiger charge is 1.78. The molecular weight excluding hydrogens is 113 g/mol. The van der Waals surface area contributed by atoms with Crippen molar-refractivity contribution in [2.75, 3.05) is 6.01 Å². The molecule has 3 atom stereocenters. The molecule has 2 radical (unpaired) electrons. The molecule has 3 unspecified atom stereocenters. The van der Waals surface area contributed by atoms with E-state index in [0.717, 1.165) is 9.91 Å². The first-order valence-corrected chi connectivity index (χ1v) is 7.00. The largest absolute Gasteiger partial charge is 0.120 e. The minimum absolute atomic E-state index is 0.0405. The molecule has 0 saturated carbocycles. The quantitative estimate of drug-likeness (QED) is 0.350. The Bertz CT molecular complexity index is 74.2. The van der Waals surface area contributed by atoms with E-state index in [0.29, 0.717) is 0 Å². The molecule has 0 spiro atoms. The number of hydrogen-bond acceptors (Lipinski definition) is 0. The van der Waals surface area contributed by atoms with Crippen LogP contribution in [-0.4, -0.2) is 25.0 Å². The Morgan fingerprint density at radius 3 is 3.60 bits per heavy atom. The first-order chi connectivity index (χ1) is 3.48. The Hall–Kier alpha value is 1.14. The summed E-state index contributed by atoms with van der Waals surface area (Å²) in [7, 11) is 5.00. The average Bonchev–Trinajstić information content (AvgIpc) is 1.62. The molecule has 0 aromatic carbocycles. The molecule has 0 aliphatic rings. The third kappa shape index (κ3) is 5.14. The standard InChI is InChI=1S/CH7BP2Si/c2-1-4(3)5/h1,3H2,5H3/i1TD,3T. The molecule has 0 nitrogen and oxygen atoms in total. The summed E-state index contributed by atoms with van der Waals surface area (Å²) < 4.78 is 20.7. The molecule has 4 heteroatoms. The Balaban J connectivity index is 3.62. The van der Waals surface area contributed by atoms with Gasteiger partial charge in [0.15, 0.2) is 0 Å². The lowest BCUT2D eigenvalue weighted by Crippen LogP contribution is -1.69. The zero-order chi connectivity index (χ0) is 6.78. The molecule has 0 N–H and O–H groups in total. The van der Waals surface area contributed by atoms with Crippen LogP contribution in [0.25, 0.3) is 0 Å². The van der Waals surface area contributed by atoms with Gasteiger partial charge in [0.05, 0.1) is 9.12 Å². The van der Waals surface area contributed by atoms with Crippen LogP contribution in [0.15, 0.2) is 0 Å². The molecular formula is CH7BP2Si. The second-order valence-corrected chi connectivity index (χ2v) is 9.44. The second-order valence-electron chi connectivity index (χ2n) is 0.688. The van der Waals surface area contributed by atoms with Crippen molar-refractivity contribution >= 4 is 33.8 Å². The lowest BCUT2D eigenvalue weighted by molar-refractivity contribution is 2.23. The van der Waals surface area contributed by atoms with Gasteiger partial charge in [0.25, 0.3) is 0 Å². The van der Waals surface area contributed by atoms with Gasteiger partial charge in [-0.1, -0.05) is 6.01 Å². The third-order valence-electron chi connectivity index (χ3n) is 0.194. The van der Waals surface area contributed by atoms with Crippen LogP contribution in [0.4, 0.5) is 0 Å². The molecule has 0 amide bonds. The maximum atomic E-state index is 6.93. The molecule has 0 heterocycles. The topological polar surface area (TPSA) is 0 Å². The molecule has 0 bridgehead atoms. The van der Waals surface area contributed by atoms with E-state index < -0.39 is 13.2 Å². The maximum absolute atomic E-state index is 6.93. The molecule has 0 fully saturated rings. The molecule has 28 valence electrons. The average molecular weight is 125 g/mol. The van der Waals surface area contributed by atoms with Gasteiger partial charge in [-0.3, -0.25) is 0 Å². The Kier molecular flexibility index (Phi) is 1.63. The van der Waals surface area contributed by atoms with Gasteiger partial charge in [-0.25, -0.2) is 0 Å². The molecule has 0 aliphatic carbocycles. The van der Waals surface area contributed by atoms with Gasteiger partial charge in [0, 0.05) is 12.7 Å². The Morgan fingerprint density at radius 1 is 3.00 bits per heavy atom. The molecule has 0 saturated heterocycles. The predicted octanol–water partition coefficient (Wildman–Crippen LogP) is -0.335.